The van der Waals surface area contributed by atoms with Gasteiger partial charge in [0.25, 0.3) is 0 Å². The normalized spacial score (nSPS) is 21.1. The van der Waals surface area contributed by atoms with Crippen molar-refractivity contribution in [3.63, 3.8) is 0 Å². The summed E-state index contributed by atoms with van der Waals surface area (Å²) in [6.45, 7) is 7.48. The molecule has 0 aromatic rings. The van der Waals surface area contributed by atoms with Crippen LogP contribution in [0.15, 0.2) is 4.99 Å². The molecular weight excluding hydrogens is 520 g/mol. The largest absolute Gasteiger partial charge is 0.511 e. The van der Waals surface area contributed by atoms with Gasteiger partial charge in [-0.2, -0.15) is 17.5 Å². The van der Waals surface area contributed by atoms with Crippen molar-refractivity contribution in [1.82, 2.24) is 14.9 Å². The monoisotopic (exact) mass is 554 g/mol. The van der Waals surface area contributed by atoms with Crippen molar-refractivity contribution in [2.75, 3.05) is 26.2 Å². The first kappa shape index (κ1) is 26.7. The van der Waals surface area contributed by atoms with Gasteiger partial charge in [0.05, 0.1) is 0 Å². The highest BCUT2D eigenvalue weighted by atomic mass is 127. The predicted molar refractivity (Wildman–Crippen MR) is 120 cm³/mol. The summed E-state index contributed by atoms with van der Waals surface area (Å²) in [5, 5.41) is 6.45. The molecule has 29 heavy (non-hydrogen) atoms. The molecule has 1 aliphatic heterocycles. The quantitative estimate of drug-likeness (QED) is 0.299. The number of piperidine rings is 1. The smallest absolute Gasteiger partial charge is 0.357 e. The number of nitrogens with one attached hydrogen (secondary N) is 2. The maximum absolute atomic E-state index is 12.7. The molecule has 0 amide bonds. The molecule has 0 unspecified atom stereocenters. The Morgan fingerprint density at radius 1 is 1.10 bits per heavy atom. The molecule has 0 spiro atoms. The molecule has 0 aromatic carbocycles. The first-order chi connectivity index (χ1) is 13.0. The SMILES string of the molecule is CCNC(=NCC(C)(C)C1CCCC1)NC1CCN(S(=O)(=O)C(F)(F)F)CC1.I. The summed E-state index contributed by atoms with van der Waals surface area (Å²) in [7, 11) is -5.24. The molecule has 2 fully saturated rings. The van der Waals surface area contributed by atoms with E-state index in [0.717, 1.165) is 0 Å². The number of nitrogens with zero attached hydrogens (tertiary/aromatic N) is 2. The Morgan fingerprint density at radius 2 is 1.66 bits per heavy atom. The second kappa shape index (κ2) is 10.8. The van der Waals surface area contributed by atoms with Gasteiger partial charge in [0.2, 0.25) is 0 Å². The van der Waals surface area contributed by atoms with Crippen molar-refractivity contribution >= 4 is 40.0 Å². The lowest BCUT2D eigenvalue weighted by Gasteiger charge is -2.33. The molecule has 1 heterocycles. The molecule has 0 atom stereocenters. The first-order valence-electron chi connectivity index (χ1n) is 10.1. The van der Waals surface area contributed by atoms with Crippen LogP contribution >= 0.6 is 24.0 Å². The summed E-state index contributed by atoms with van der Waals surface area (Å²) < 4.78 is 61.6. The van der Waals surface area contributed by atoms with Gasteiger partial charge in [0, 0.05) is 32.2 Å². The Hall–Kier alpha value is -0.300. The molecule has 1 saturated heterocycles. The second-order valence-electron chi connectivity index (χ2n) is 8.43. The number of hydrogen-bond acceptors (Lipinski definition) is 3. The molecule has 0 radical (unpaired) electrons. The molecular formula is C18H34F3IN4O2S. The maximum Gasteiger partial charge on any atom is 0.511 e. The van der Waals surface area contributed by atoms with Crippen molar-refractivity contribution in [2.24, 2.45) is 16.3 Å². The molecule has 1 saturated carbocycles. The van der Waals surface area contributed by atoms with Crippen LogP contribution in [0.2, 0.25) is 0 Å². The van der Waals surface area contributed by atoms with Crippen molar-refractivity contribution in [3.8, 4) is 0 Å². The Bertz CT molecular complexity index is 642. The van der Waals surface area contributed by atoms with Crippen molar-refractivity contribution < 1.29 is 21.6 Å². The van der Waals surface area contributed by atoms with Crippen LogP contribution in [0.4, 0.5) is 13.2 Å². The number of hydrogen-bond donors (Lipinski definition) is 2. The van der Waals surface area contributed by atoms with E-state index in [-0.39, 0.29) is 48.5 Å². The first-order valence-corrected chi connectivity index (χ1v) is 11.5. The van der Waals surface area contributed by atoms with Crippen LogP contribution in [0.5, 0.6) is 0 Å². The van der Waals surface area contributed by atoms with E-state index in [9.17, 15) is 21.6 Å². The minimum Gasteiger partial charge on any atom is -0.357 e. The summed E-state index contributed by atoms with van der Waals surface area (Å²) in [6.07, 6.45) is 5.64. The van der Waals surface area contributed by atoms with Gasteiger partial charge in [-0.05, 0) is 43.9 Å². The molecule has 1 aliphatic carbocycles. The molecule has 11 heteroatoms. The summed E-state index contributed by atoms with van der Waals surface area (Å²) >= 11 is 0. The lowest BCUT2D eigenvalue weighted by atomic mass is 9.78. The zero-order valence-corrected chi connectivity index (χ0v) is 20.5. The molecule has 6 nitrogen and oxygen atoms in total. The van der Waals surface area contributed by atoms with E-state index >= 15 is 0 Å². The van der Waals surface area contributed by atoms with Gasteiger partial charge >= 0.3 is 15.5 Å². The molecule has 2 aliphatic rings. The Morgan fingerprint density at radius 3 is 2.14 bits per heavy atom. The van der Waals surface area contributed by atoms with Gasteiger partial charge < -0.3 is 10.6 Å². The van der Waals surface area contributed by atoms with E-state index in [2.05, 4.69) is 24.5 Å². The highest BCUT2D eigenvalue weighted by molar-refractivity contribution is 14.0. The average molecular weight is 554 g/mol. The summed E-state index contributed by atoms with van der Waals surface area (Å²) in [4.78, 5) is 4.71. The Kier molecular flexibility index (Phi) is 9.98. The van der Waals surface area contributed by atoms with Crippen LogP contribution < -0.4 is 10.6 Å². The zero-order valence-electron chi connectivity index (χ0n) is 17.4. The van der Waals surface area contributed by atoms with Gasteiger partial charge in [0.1, 0.15) is 0 Å². The average Bonchev–Trinajstić information content (AvgIpc) is 3.15. The molecule has 0 aromatic heterocycles. The maximum atomic E-state index is 12.7. The third-order valence-electron chi connectivity index (χ3n) is 5.88. The fraction of sp³-hybridized carbons (Fsp3) is 0.944. The highest BCUT2D eigenvalue weighted by Gasteiger charge is 2.50. The highest BCUT2D eigenvalue weighted by Crippen LogP contribution is 2.39. The van der Waals surface area contributed by atoms with Crippen molar-refractivity contribution in [1.29, 1.82) is 0 Å². The van der Waals surface area contributed by atoms with Gasteiger partial charge in [-0.1, -0.05) is 26.7 Å². The standard InChI is InChI=1S/C18H33F3N4O2S.HI/c1-4-22-16(23-13-17(2,3)14-7-5-6-8-14)24-15-9-11-25(12-10-15)28(26,27)18(19,20)21;/h14-15H,4-13H2,1-3H3,(H2,22,23,24);1H. The second-order valence-corrected chi connectivity index (χ2v) is 10.4. The lowest BCUT2D eigenvalue weighted by molar-refractivity contribution is -0.0494. The number of halogens is 4. The van der Waals surface area contributed by atoms with Crippen LogP contribution in [0, 0.1) is 11.3 Å². The number of rotatable bonds is 6. The fourth-order valence-electron chi connectivity index (χ4n) is 4.02. The fourth-order valence-corrected chi connectivity index (χ4v) is 5.00. The van der Waals surface area contributed by atoms with Crippen molar-refractivity contribution in [2.45, 2.75) is 70.8 Å². The third kappa shape index (κ3) is 7.12. The van der Waals surface area contributed by atoms with Crippen LogP contribution in [0.25, 0.3) is 0 Å². The van der Waals surface area contributed by atoms with Crippen LogP contribution in [0.3, 0.4) is 0 Å². The van der Waals surface area contributed by atoms with Crippen LogP contribution in [0.1, 0.15) is 59.3 Å². The van der Waals surface area contributed by atoms with E-state index in [1.807, 2.05) is 6.92 Å². The Balaban J connectivity index is 0.00000420. The van der Waals surface area contributed by atoms with E-state index < -0.39 is 15.5 Å². The predicted octanol–water partition coefficient (Wildman–Crippen LogP) is 3.69. The minimum absolute atomic E-state index is 0. The van der Waals surface area contributed by atoms with Gasteiger partial charge in [-0.25, -0.2) is 8.42 Å². The molecule has 172 valence electrons. The van der Waals surface area contributed by atoms with Crippen molar-refractivity contribution in [3.05, 3.63) is 0 Å². The van der Waals surface area contributed by atoms with Crippen LogP contribution in [-0.2, 0) is 10.0 Å². The minimum atomic E-state index is -5.24. The lowest BCUT2D eigenvalue weighted by Crippen LogP contribution is -2.51. The number of sulfonamides is 1. The molecule has 2 N–H and O–H groups in total. The number of aliphatic imine (C=N–C) groups is 1. The summed E-state index contributed by atoms with van der Waals surface area (Å²) in [6, 6.07) is -0.105. The van der Waals surface area contributed by atoms with Gasteiger partial charge in [-0.15, -0.1) is 24.0 Å². The summed E-state index contributed by atoms with van der Waals surface area (Å²) in [5.74, 6) is 1.31. The van der Waals surface area contributed by atoms with E-state index in [1.165, 1.54) is 25.7 Å². The topological polar surface area (TPSA) is 73.8 Å². The van der Waals surface area contributed by atoms with Gasteiger partial charge in [0.15, 0.2) is 5.96 Å². The number of alkyl halides is 3. The van der Waals surface area contributed by atoms with E-state index in [0.29, 0.717) is 42.1 Å². The van der Waals surface area contributed by atoms with E-state index in [4.69, 9.17) is 4.99 Å². The number of guanidine groups is 1. The molecule has 2 rings (SSSR count). The van der Waals surface area contributed by atoms with Gasteiger partial charge in [-0.3, -0.25) is 4.99 Å². The zero-order chi connectivity index (χ0) is 21.0. The van der Waals surface area contributed by atoms with E-state index in [1.54, 1.807) is 0 Å². The molecule has 0 bridgehead atoms. The Labute approximate surface area is 189 Å². The third-order valence-corrected chi connectivity index (χ3v) is 7.51. The summed E-state index contributed by atoms with van der Waals surface area (Å²) in [5.41, 5.74) is -5.14. The van der Waals surface area contributed by atoms with Crippen LogP contribution in [-0.4, -0.2) is 56.4 Å².